The Balaban J connectivity index is 1.81. The Kier molecular flexibility index (Phi) is 6.93. The van der Waals surface area contributed by atoms with Crippen LogP contribution in [0.1, 0.15) is 42.1 Å². The van der Waals surface area contributed by atoms with Crippen molar-refractivity contribution in [3.63, 3.8) is 0 Å². The van der Waals surface area contributed by atoms with E-state index >= 15 is 0 Å². The molecule has 2 aliphatic rings. The average Bonchev–Trinajstić information content (AvgIpc) is 2.80. The van der Waals surface area contributed by atoms with Gasteiger partial charge in [-0.05, 0) is 67.0 Å². The van der Waals surface area contributed by atoms with Crippen LogP contribution in [0.5, 0.6) is 0 Å². The van der Waals surface area contributed by atoms with E-state index in [1.54, 1.807) is 24.3 Å². The summed E-state index contributed by atoms with van der Waals surface area (Å²) in [5.74, 6) is -0.647. The summed E-state index contributed by atoms with van der Waals surface area (Å²) in [5, 5.41) is 17.5. The summed E-state index contributed by atoms with van der Waals surface area (Å²) in [5.41, 5.74) is 4.04. The molecule has 7 heteroatoms. The summed E-state index contributed by atoms with van der Waals surface area (Å²) in [6.45, 7) is 4.85. The van der Waals surface area contributed by atoms with E-state index < -0.39 is 5.97 Å². The van der Waals surface area contributed by atoms with E-state index in [4.69, 9.17) is 16.6 Å². The fourth-order valence-corrected chi connectivity index (χ4v) is 4.26. The first-order valence-corrected chi connectivity index (χ1v) is 11.7. The highest BCUT2D eigenvalue weighted by atomic mass is 32.1. The van der Waals surface area contributed by atoms with Gasteiger partial charge < -0.3 is 20.2 Å². The van der Waals surface area contributed by atoms with Crippen LogP contribution in [0.15, 0.2) is 63.8 Å². The zero-order valence-electron chi connectivity index (χ0n) is 19.1. The maximum Gasteiger partial charge on any atom is 0.336 e. The lowest BCUT2D eigenvalue weighted by molar-refractivity contribution is 0.0698. The molecule has 1 aliphatic heterocycles. The largest absolute Gasteiger partial charge is 0.478 e. The van der Waals surface area contributed by atoms with E-state index in [0.29, 0.717) is 38.8 Å². The number of carboxylic acids is 1. The second-order valence-corrected chi connectivity index (χ2v) is 8.70. The minimum atomic E-state index is -1.06. The van der Waals surface area contributed by atoms with Crippen LogP contribution >= 0.6 is 12.2 Å². The molecule has 0 aromatic heterocycles. The van der Waals surface area contributed by atoms with E-state index in [-0.39, 0.29) is 11.0 Å². The molecule has 0 spiro atoms. The molecule has 4 rings (SSSR count). The van der Waals surface area contributed by atoms with E-state index in [0.717, 1.165) is 36.8 Å². The zero-order valence-corrected chi connectivity index (χ0v) is 19.9. The maximum absolute atomic E-state index is 12.3. The van der Waals surface area contributed by atoms with Gasteiger partial charge in [-0.2, -0.15) is 0 Å². The number of aryl methyl sites for hydroxylation is 1. The minimum absolute atomic E-state index is 0.124. The zero-order chi connectivity index (χ0) is 24.2. The SMILES string of the molecule is CCCCCNC(=S)Nc1ccc(-c2c3ccc(=O)cc-3oc3cc(C)ccc23)c(C(=O)O)c1. The van der Waals surface area contributed by atoms with Crippen molar-refractivity contribution in [3.05, 3.63) is 75.9 Å². The van der Waals surface area contributed by atoms with Gasteiger partial charge in [0.2, 0.25) is 0 Å². The molecule has 3 N–H and O–H groups in total. The highest BCUT2D eigenvalue weighted by molar-refractivity contribution is 7.80. The van der Waals surface area contributed by atoms with Crippen LogP contribution in [0.25, 0.3) is 33.4 Å². The van der Waals surface area contributed by atoms with Crippen molar-refractivity contribution in [3.8, 4) is 22.5 Å². The highest BCUT2D eigenvalue weighted by Crippen LogP contribution is 2.41. The molecule has 0 radical (unpaired) electrons. The van der Waals surface area contributed by atoms with Crippen LogP contribution < -0.4 is 16.1 Å². The van der Waals surface area contributed by atoms with E-state index in [2.05, 4.69) is 17.6 Å². The number of unbranched alkanes of at least 4 members (excludes halogenated alkanes) is 2. The van der Waals surface area contributed by atoms with Gasteiger partial charge in [0.15, 0.2) is 10.5 Å². The predicted octanol–water partition coefficient (Wildman–Crippen LogP) is 6.05. The fourth-order valence-electron chi connectivity index (χ4n) is 4.04. The fraction of sp³-hybridized carbons (Fsp3) is 0.222. The Labute approximate surface area is 203 Å². The molecule has 1 heterocycles. The summed E-state index contributed by atoms with van der Waals surface area (Å²) in [7, 11) is 0. The van der Waals surface area contributed by atoms with Crippen LogP contribution in [0.4, 0.5) is 5.69 Å². The number of hydrogen-bond acceptors (Lipinski definition) is 4. The third kappa shape index (κ3) is 4.94. The van der Waals surface area contributed by atoms with Gasteiger partial charge in [0.05, 0.1) is 5.56 Å². The molecule has 0 saturated heterocycles. The summed E-state index contributed by atoms with van der Waals surface area (Å²) in [6.07, 6.45) is 3.25. The van der Waals surface area contributed by atoms with Gasteiger partial charge in [0.25, 0.3) is 0 Å². The summed E-state index contributed by atoms with van der Waals surface area (Å²) >= 11 is 5.36. The molecule has 1 aliphatic carbocycles. The number of thiocarbonyl (C=S) groups is 1. The summed E-state index contributed by atoms with van der Waals surface area (Å²) in [4.78, 5) is 24.3. The Morgan fingerprint density at radius 2 is 1.82 bits per heavy atom. The first kappa shape index (κ1) is 23.4. The van der Waals surface area contributed by atoms with Crippen LogP contribution in [-0.4, -0.2) is 22.7 Å². The molecule has 34 heavy (non-hydrogen) atoms. The molecule has 2 aromatic rings. The number of carboxylic acid groups (broad SMARTS) is 1. The van der Waals surface area contributed by atoms with Gasteiger partial charge >= 0.3 is 5.97 Å². The second kappa shape index (κ2) is 10.1. The lowest BCUT2D eigenvalue weighted by Gasteiger charge is -2.18. The molecule has 0 bridgehead atoms. The second-order valence-electron chi connectivity index (χ2n) is 8.29. The van der Waals surface area contributed by atoms with Crippen molar-refractivity contribution >= 4 is 40.0 Å². The van der Waals surface area contributed by atoms with Crippen molar-refractivity contribution in [1.29, 1.82) is 0 Å². The minimum Gasteiger partial charge on any atom is -0.478 e. The van der Waals surface area contributed by atoms with E-state index in [9.17, 15) is 14.7 Å². The molecule has 6 nitrogen and oxygen atoms in total. The standard InChI is InChI=1S/C27H26N2O4S/c1-3-4-5-12-28-27(34)29-17-7-10-19(22(14-17)26(31)32)25-20-9-6-16(2)13-23(20)33-24-15-18(30)8-11-21(24)25/h6-11,13-15H,3-5,12H2,1-2H3,(H,31,32)(H2,28,29,34). The molecule has 0 saturated carbocycles. The Bertz CT molecular complexity index is 1410. The number of fused-ring (bicyclic) bond motifs is 2. The van der Waals surface area contributed by atoms with Crippen LogP contribution in [0, 0.1) is 6.92 Å². The smallest absolute Gasteiger partial charge is 0.336 e. The third-order valence-electron chi connectivity index (χ3n) is 5.69. The molecule has 0 amide bonds. The lowest BCUT2D eigenvalue weighted by Crippen LogP contribution is -2.29. The van der Waals surface area contributed by atoms with Crippen molar-refractivity contribution < 1.29 is 14.3 Å². The Morgan fingerprint density at radius 3 is 2.59 bits per heavy atom. The number of rotatable bonds is 7. The van der Waals surface area contributed by atoms with Gasteiger partial charge in [0.1, 0.15) is 11.3 Å². The van der Waals surface area contributed by atoms with Gasteiger partial charge in [0, 0.05) is 34.8 Å². The van der Waals surface area contributed by atoms with Crippen molar-refractivity contribution in [2.24, 2.45) is 0 Å². The van der Waals surface area contributed by atoms with Gasteiger partial charge in [-0.3, -0.25) is 4.79 Å². The van der Waals surface area contributed by atoms with Crippen LogP contribution in [0.3, 0.4) is 0 Å². The maximum atomic E-state index is 12.3. The lowest BCUT2D eigenvalue weighted by atomic mass is 9.90. The molecule has 2 aromatic carbocycles. The Morgan fingerprint density at radius 1 is 1.03 bits per heavy atom. The van der Waals surface area contributed by atoms with E-state index in [1.807, 2.05) is 25.1 Å². The number of hydrogen-bond donors (Lipinski definition) is 3. The first-order chi connectivity index (χ1) is 16.4. The molecule has 0 unspecified atom stereocenters. The molecule has 0 atom stereocenters. The van der Waals surface area contributed by atoms with Crippen LogP contribution in [0.2, 0.25) is 0 Å². The number of carbonyl (C=O) groups is 1. The first-order valence-electron chi connectivity index (χ1n) is 11.3. The Hall–Kier alpha value is -3.71. The number of anilines is 1. The van der Waals surface area contributed by atoms with Crippen molar-refractivity contribution in [2.75, 3.05) is 11.9 Å². The van der Waals surface area contributed by atoms with Crippen LogP contribution in [-0.2, 0) is 0 Å². The molecule has 174 valence electrons. The number of nitrogens with one attached hydrogen (secondary N) is 2. The van der Waals surface area contributed by atoms with Gasteiger partial charge in [-0.15, -0.1) is 0 Å². The third-order valence-corrected chi connectivity index (χ3v) is 5.94. The normalized spacial score (nSPS) is 11.0. The average molecular weight is 475 g/mol. The topological polar surface area (TPSA) is 91.6 Å². The summed E-state index contributed by atoms with van der Waals surface area (Å²) in [6, 6.07) is 15.5. The van der Waals surface area contributed by atoms with Gasteiger partial charge in [-0.1, -0.05) is 38.0 Å². The number of aromatic carboxylic acids is 1. The quantitative estimate of drug-likeness (QED) is 0.171. The van der Waals surface area contributed by atoms with Gasteiger partial charge in [-0.25, -0.2) is 4.79 Å². The van der Waals surface area contributed by atoms with Crippen molar-refractivity contribution in [2.45, 2.75) is 33.1 Å². The predicted molar refractivity (Wildman–Crippen MR) is 140 cm³/mol. The highest BCUT2D eigenvalue weighted by Gasteiger charge is 2.22. The monoisotopic (exact) mass is 474 g/mol. The number of benzene rings is 3. The molecule has 0 fully saturated rings. The van der Waals surface area contributed by atoms with E-state index in [1.165, 1.54) is 12.1 Å². The molecular weight excluding hydrogens is 448 g/mol. The molecular formula is C27H26N2O4S. The summed E-state index contributed by atoms with van der Waals surface area (Å²) < 4.78 is 6.02. The van der Waals surface area contributed by atoms with Crippen molar-refractivity contribution in [1.82, 2.24) is 5.32 Å².